The first-order chi connectivity index (χ1) is 10.6. The van der Waals surface area contributed by atoms with E-state index in [0.29, 0.717) is 5.56 Å². The van der Waals surface area contributed by atoms with Crippen LogP contribution in [0.1, 0.15) is 21.5 Å². The van der Waals surface area contributed by atoms with Crippen LogP contribution < -0.4 is 0 Å². The molecular weight excluding hydrogens is 316 g/mol. The molecule has 1 aliphatic rings. The minimum Gasteiger partial charge on any atom is -0.391 e. The average molecular weight is 340 g/mol. The summed E-state index contributed by atoms with van der Waals surface area (Å²) in [4.78, 5) is 14.1. The molecule has 1 aromatic rings. The summed E-state index contributed by atoms with van der Waals surface area (Å²) in [7, 11) is -0.471. The number of carbonyl (C=O) groups excluding carboxylic acids is 1. The molecule has 1 fully saturated rings. The number of benzene rings is 1. The summed E-state index contributed by atoms with van der Waals surface area (Å²) in [6.07, 6.45) is -0.819. The number of β-amino-alcohol motifs (C(OH)–C–C–N with tert-alkyl or cyclic N) is 1. The van der Waals surface area contributed by atoms with Crippen molar-refractivity contribution in [2.24, 2.45) is 5.92 Å². The Morgan fingerprint density at radius 1 is 1.26 bits per heavy atom. The van der Waals surface area contributed by atoms with Gasteiger partial charge in [-0.2, -0.15) is 0 Å². The summed E-state index contributed by atoms with van der Waals surface area (Å²) in [5.41, 5.74) is 2.71. The zero-order chi connectivity index (χ0) is 17.4. The van der Waals surface area contributed by atoms with E-state index in [1.165, 1.54) is 19.0 Å². The van der Waals surface area contributed by atoms with Crippen LogP contribution in [0, 0.1) is 19.8 Å². The summed E-state index contributed by atoms with van der Waals surface area (Å²) in [5, 5.41) is 10.1. The van der Waals surface area contributed by atoms with E-state index in [-0.39, 0.29) is 24.7 Å². The number of hydrogen-bond donors (Lipinski definition) is 1. The van der Waals surface area contributed by atoms with Gasteiger partial charge < -0.3 is 10.0 Å². The largest absolute Gasteiger partial charge is 0.391 e. The number of rotatable bonds is 4. The van der Waals surface area contributed by atoms with E-state index < -0.39 is 22.0 Å². The van der Waals surface area contributed by atoms with Gasteiger partial charge >= 0.3 is 0 Å². The molecule has 128 valence electrons. The van der Waals surface area contributed by atoms with Crippen molar-refractivity contribution >= 4 is 15.9 Å². The Morgan fingerprint density at radius 2 is 1.91 bits per heavy atom. The third-order valence-electron chi connectivity index (χ3n) is 4.43. The van der Waals surface area contributed by atoms with E-state index in [2.05, 4.69) is 0 Å². The van der Waals surface area contributed by atoms with Crippen molar-refractivity contribution < 1.29 is 18.3 Å². The average Bonchev–Trinajstić information content (AvgIpc) is 2.81. The fourth-order valence-corrected chi connectivity index (χ4v) is 3.83. The number of aryl methyl sites for hydroxylation is 2. The Morgan fingerprint density at radius 3 is 2.48 bits per heavy atom. The predicted octanol–water partition coefficient (Wildman–Crippen LogP) is 0.628. The summed E-state index contributed by atoms with van der Waals surface area (Å²) < 4.78 is 25.1. The van der Waals surface area contributed by atoms with Gasteiger partial charge in [-0.1, -0.05) is 6.07 Å². The van der Waals surface area contributed by atoms with Crippen LogP contribution in [0.4, 0.5) is 0 Å². The van der Waals surface area contributed by atoms with Gasteiger partial charge in [0, 0.05) is 38.7 Å². The number of carbonyl (C=O) groups is 1. The van der Waals surface area contributed by atoms with Gasteiger partial charge in [-0.25, -0.2) is 12.7 Å². The first-order valence-electron chi connectivity index (χ1n) is 7.56. The molecule has 0 bridgehead atoms. The standard InChI is InChI=1S/C16H24N2O4S/c1-11-5-6-13(7-12(11)2)16(20)18-8-14(15(19)9-18)10-23(21,22)17(3)4/h5-7,14-15,19H,8-10H2,1-4H3. The van der Waals surface area contributed by atoms with Gasteiger partial charge in [0.1, 0.15) is 0 Å². The Kier molecular flexibility index (Phi) is 5.13. The third kappa shape index (κ3) is 3.91. The number of aliphatic hydroxyl groups is 1. The summed E-state index contributed by atoms with van der Waals surface area (Å²) in [6.45, 7) is 4.34. The third-order valence-corrected chi connectivity index (χ3v) is 6.39. The molecule has 1 aromatic carbocycles. The summed E-state index contributed by atoms with van der Waals surface area (Å²) in [5.74, 6) is -0.785. The molecule has 1 N–H and O–H groups in total. The molecule has 2 rings (SSSR count). The molecule has 1 aliphatic heterocycles. The highest BCUT2D eigenvalue weighted by Crippen LogP contribution is 2.22. The molecule has 2 atom stereocenters. The fraction of sp³-hybridized carbons (Fsp3) is 0.562. The molecular formula is C16H24N2O4S. The van der Waals surface area contributed by atoms with Crippen LogP contribution in [0.5, 0.6) is 0 Å². The molecule has 23 heavy (non-hydrogen) atoms. The second kappa shape index (κ2) is 6.59. The quantitative estimate of drug-likeness (QED) is 0.872. The second-order valence-corrected chi connectivity index (χ2v) is 8.63. The maximum atomic E-state index is 12.6. The lowest BCUT2D eigenvalue weighted by Crippen LogP contribution is -2.33. The zero-order valence-corrected chi connectivity index (χ0v) is 14.8. The number of sulfonamides is 1. The molecule has 1 amide bonds. The number of nitrogens with zero attached hydrogens (tertiary/aromatic N) is 2. The van der Waals surface area contributed by atoms with Crippen LogP contribution in [-0.4, -0.2) is 67.7 Å². The second-order valence-electron chi connectivity index (χ2n) is 6.40. The van der Waals surface area contributed by atoms with Crippen molar-refractivity contribution in [2.45, 2.75) is 20.0 Å². The molecule has 0 radical (unpaired) electrons. The van der Waals surface area contributed by atoms with Crippen molar-refractivity contribution in [2.75, 3.05) is 32.9 Å². The smallest absolute Gasteiger partial charge is 0.253 e. The van der Waals surface area contributed by atoms with Gasteiger partial charge in [0.25, 0.3) is 5.91 Å². The van der Waals surface area contributed by atoms with Crippen molar-refractivity contribution in [3.05, 3.63) is 34.9 Å². The molecule has 0 aromatic heterocycles. The summed E-state index contributed by atoms with van der Waals surface area (Å²) in [6, 6.07) is 5.48. The topological polar surface area (TPSA) is 77.9 Å². The lowest BCUT2D eigenvalue weighted by atomic mass is 10.1. The van der Waals surface area contributed by atoms with Crippen LogP contribution in [-0.2, 0) is 10.0 Å². The van der Waals surface area contributed by atoms with Crippen molar-refractivity contribution in [1.29, 1.82) is 0 Å². The van der Waals surface area contributed by atoms with Crippen LogP contribution >= 0.6 is 0 Å². The van der Waals surface area contributed by atoms with Crippen LogP contribution in [0.2, 0.25) is 0 Å². The molecule has 6 nitrogen and oxygen atoms in total. The Bertz CT molecular complexity index is 700. The summed E-state index contributed by atoms with van der Waals surface area (Å²) >= 11 is 0. The first kappa shape index (κ1) is 17.9. The first-order valence-corrected chi connectivity index (χ1v) is 9.17. The molecule has 1 saturated heterocycles. The molecule has 7 heteroatoms. The molecule has 1 heterocycles. The molecule has 0 aliphatic carbocycles. The van der Waals surface area contributed by atoms with Crippen LogP contribution in [0.3, 0.4) is 0 Å². The van der Waals surface area contributed by atoms with Gasteiger partial charge in [-0.15, -0.1) is 0 Å². The fourth-order valence-electron chi connectivity index (χ4n) is 2.66. The minimum atomic E-state index is -3.41. The van der Waals surface area contributed by atoms with Gasteiger partial charge in [0.15, 0.2) is 0 Å². The van der Waals surface area contributed by atoms with Crippen LogP contribution in [0.15, 0.2) is 18.2 Å². The SMILES string of the molecule is Cc1ccc(C(=O)N2CC(O)C(CS(=O)(=O)N(C)C)C2)cc1C. The highest BCUT2D eigenvalue weighted by Gasteiger charge is 2.37. The lowest BCUT2D eigenvalue weighted by Gasteiger charge is -2.18. The van der Waals surface area contributed by atoms with Gasteiger partial charge in [-0.05, 0) is 37.1 Å². The van der Waals surface area contributed by atoms with E-state index in [9.17, 15) is 18.3 Å². The zero-order valence-electron chi connectivity index (χ0n) is 14.0. The number of hydrogen-bond acceptors (Lipinski definition) is 4. The van der Waals surface area contributed by atoms with Gasteiger partial charge in [0.2, 0.25) is 10.0 Å². The Balaban J connectivity index is 2.11. The predicted molar refractivity (Wildman–Crippen MR) is 88.8 cm³/mol. The van der Waals surface area contributed by atoms with E-state index in [1.54, 1.807) is 6.07 Å². The lowest BCUT2D eigenvalue weighted by molar-refractivity contribution is 0.0764. The maximum absolute atomic E-state index is 12.6. The monoisotopic (exact) mass is 340 g/mol. The van der Waals surface area contributed by atoms with Crippen molar-refractivity contribution in [3.63, 3.8) is 0 Å². The van der Waals surface area contributed by atoms with E-state index in [4.69, 9.17) is 0 Å². The minimum absolute atomic E-state index is 0.155. The highest BCUT2D eigenvalue weighted by atomic mass is 32.2. The van der Waals surface area contributed by atoms with E-state index in [0.717, 1.165) is 15.4 Å². The molecule has 2 unspecified atom stereocenters. The Hall–Kier alpha value is -1.44. The van der Waals surface area contributed by atoms with Crippen molar-refractivity contribution in [3.8, 4) is 0 Å². The number of aliphatic hydroxyl groups excluding tert-OH is 1. The van der Waals surface area contributed by atoms with E-state index in [1.807, 2.05) is 26.0 Å². The van der Waals surface area contributed by atoms with E-state index >= 15 is 0 Å². The highest BCUT2D eigenvalue weighted by molar-refractivity contribution is 7.89. The van der Waals surface area contributed by atoms with Crippen LogP contribution in [0.25, 0.3) is 0 Å². The Labute approximate surface area is 137 Å². The van der Waals surface area contributed by atoms with Crippen molar-refractivity contribution in [1.82, 2.24) is 9.21 Å². The number of likely N-dealkylation sites (tertiary alicyclic amines) is 1. The molecule has 0 spiro atoms. The molecule has 0 saturated carbocycles. The number of amides is 1. The maximum Gasteiger partial charge on any atom is 0.253 e. The van der Waals surface area contributed by atoms with Gasteiger partial charge in [0.05, 0.1) is 11.9 Å². The van der Waals surface area contributed by atoms with Gasteiger partial charge in [-0.3, -0.25) is 4.79 Å². The normalized spacial score (nSPS) is 21.9.